The lowest BCUT2D eigenvalue weighted by Crippen LogP contribution is -2.34. The first-order chi connectivity index (χ1) is 7.34. The van der Waals surface area contributed by atoms with Gasteiger partial charge in [-0.1, -0.05) is 6.07 Å². The van der Waals surface area contributed by atoms with Gasteiger partial charge in [-0.2, -0.15) is 0 Å². The minimum absolute atomic E-state index is 0.611. The molecule has 0 radical (unpaired) electrons. The molecule has 3 nitrogen and oxygen atoms in total. The number of nitrogens with one attached hydrogen (secondary N) is 1. The van der Waals surface area contributed by atoms with E-state index in [0.29, 0.717) is 6.04 Å². The third-order valence-corrected chi connectivity index (χ3v) is 2.79. The number of hydrogen-bond donors (Lipinski definition) is 1. The molecule has 0 atom stereocenters. The number of ether oxygens (including phenoxy) is 1. The standard InChI is InChI=1S/C12H18N2O/c1-10-2-3-11(8-13-10)9-14-12-4-6-15-7-5-12/h2-3,8,12,14H,4-7,9H2,1H3. The molecule has 0 aliphatic carbocycles. The average Bonchev–Trinajstić information content (AvgIpc) is 2.30. The van der Waals surface area contributed by atoms with Gasteiger partial charge in [0.15, 0.2) is 0 Å². The Kier molecular flexibility index (Phi) is 3.69. The van der Waals surface area contributed by atoms with E-state index in [0.717, 1.165) is 38.3 Å². The van der Waals surface area contributed by atoms with E-state index in [9.17, 15) is 0 Å². The molecule has 0 aromatic carbocycles. The minimum Gasteiger partial charge on any atom is -0.381 e. The van der Waals surface area contributed by atoms with Crippen molar-refractivity contribution >= 4 is 0 Å². The van der Waals surface area contributed by atoms with Crippen molar-refractivity contribution in [1.82, 2.24) is 10.3 Å². The lowest BCUT2D eigenvalue weighted by atomic mass is 10.1. The SMILES string of the molecule is Cc1ccc(CNC2CCOCC2)cn1. The first kappa shape index (κ1) is 10.6. The van der Waals surface area contributed by atoms with Crippen LogP contribution in [-0.4, -0.2) is 24.2 Å². The predicted molar refractivity (Wildman–Crippen MR) is 59.7 cm³/mol. The fourth-order valence-corrected chi connectivity index (χ4v) is 1.77. The van der Waals surface area contributed by atoms with Crippen LogP contribution in [0.4, 0.5) is 0 Å². The highest BCUT2D eigenvalue weighted by Gasteiger charge is 2.12. The molecule has 2 rings (SSSR count). The molecule has 3 heteroatoms. The van der Waals surface area contributed by atoms with Crippen LogP contribution in [0.3, 0.4) is 0 Å². The molecule has 1 aliphatic rings. The maximum absolute atomic E-state index is 5.32. The first-order valence-corrected chi connectivity index (χ1v) is 5.57. The molecule has 1 fully saturated rings. The van der Waals surface area contributed by atoms with E-state index in [1.165, 1.54) is 5.56 Å². The van der Waals surface area contributed by atoms with Gasteiger partial charge in [0, 0.05) is 37.7 Å². The summed E-state index contributed by atoms with van der Waals surface area (Å²) in [6, 6.07) is 4.80. The summed E-state index contributed by atoms with van der Waals surface area (Å²) in [6.45, 7) is 4.71. The van der Waals surface area contributed by atoms with E-state index in [1.807, 2.05) is 13.1 Å². The zero-order chi connectivity index (χ0) is 10.5. The van der Waals surface area contributed by atoms with Gasteiger partial charge in [0.25, 0.3) is 0 Å². The van der Waals surface area contributed by atoms with Gasteiger partial charge in [0.05, 0.1) is 0 Å². The molecule has 1 aromatic rings. The topological polar surface area (TPSA) is 34.1 Å². The summed E-state index contributed by atoms with van der Waals surface area (Å²) in [5.41, 5.74) is 2.33. The normalized spacial score (nSPS) is 17.9. The molecule has 15 heavy (non-hydrogen) atoms. The molecule has 0 spiro atoms. The largest absolute Gasteiger partial charge is 0.381 e. The highest BCUT2D eigenvalue weighted by Crippen LogP contribution is 2.07. The lowest BCUT2D eigenvalue weighted by Gasteiger charge is -2.23. The summed E-state index contributed by atoms with van der Waals surface area (Å²) < 4.78 is 5.32. The zero-order valence-electron chi connectivity index (χ0n) is 9.20. The van der Waals surface area contributed by atoms with Gasteiger partial charge in [0.1, 0.15) is 0 Å². The van der Waals surface area contributed by atoms with Crippen LogP contribution in [0.25, 0.3) is 0 Å². The predicted octanol–water partition coefficient (Wildman–Crippen LogP) is 1.66. The average molecular weight is 206 g/mol. The van der Waals surface area contributed by atoms with Crippen molar-refractivity contribution in [3.05, 3.63) is 29.6 Å². The van der Waals surface area contributed by atoms with E-state index >= 15 is 0 Å². The van der Waals surface area contributed by atoms with Crippen LogP contribution in [0, 0.1) is 6.92 Å². The van der Waals surface area contributed by atoms with Crippen molar-refractivity contribution in [2.75, 3.05) is 13.2 Å². The molecular weight excluding hydrogens is 188 g/mol. The van der Waals surface area contributed by atoms with Crippen LogP contribution in [0.5, 0.6) is 0 Å². The van der Waals surface area contributed by atoms with E-state index in [2.05, 4.69) is 22.4 Å². The maximum atomic E-state index is 5.32. The second-order valence-corrected chi connectivity index (χ2v) is 4.08. The number of aromatic nitrogens is 1. The van der Waals surface area contributed by atoms with E-state index in [1.54, 1.807) is 0 Å². The molecule has 0 bridgehead atoms. The molecule has 1 aliphatic heterocycles. The summed E-state index contributed by atoms with van der Waals surface area (Å²) in [5.74, 6) is 0. The summed E-state index contributed by atoms with van der Waals surface area (Å²) in [7, 11) is 0. The van der Waals surface area contributed by atoms with Crippen molar-refractivity contribution in [2.24, 2.45) is 0 Å². The summed E-state index contributed by atoms with van der Waals surface area (Å²) in [6.07, 6.45) is 4.19. The second-order valence-electron chi connectivity index (χ2n) is 4.08. The van der Waals surface area contributed by atoms with Gasteiger partial charge in [-0.3, -0.25) is 4.98 Å². The number of nitrogens with zero attached hydrogens (tertiary/aromatic N) is 1. The number of hydrogen-bond acceptors (Lipinski definition) is 3. The fourth-order valence-electron chi connectivity index (χ4n) is 1.77. The van der Waals surface area contributed by atoms with E-state index in [-0.39, 0.29) is 0 Å². The number of rotatable bonds is 3. The Hall–Kier alpha value is -0.930. The van der Waals surface area contributed by atoms with Crippen LogP contribution in [0.15, 0.2) is 18.3 Å². The zero-order valence-corrected chi connectivity index (χ0v) is 9.20. The van der Waals surface area contributed by atoms with Gasteiger partial charge in [-0.25, -0.2) is 0 Å². The molecule has 1 aromatic heterocycles. The maximum Gasteiger partial charge on any atom is 0.0480 e. The fraction of sp³-hybridized carbons (Fsp3) is 0.583. The molecule has 2 heterocycles. The Morgan fingerprint density at radius 1 is 1.40 bits per heavy atom. The highest BCUT2D eigenvalue weighted by atomic mass is 16.5. The summed E-state index contributed by atoms with van der Waals surface area (Å²) in [4.78, 5) is 4.28. The van der Waals surface area contributed by atoms with Gasteiger partial charge < -0.3 is 10.1 Å². The molecular formula is C12H18N2O. The summed E-state index contributed by atoms with van der Waals surface area (Å²) >= 11 is 0. The summed E-state index contributed by atoms with van der Waals surface area (Å²) in [5, 5.41) is 3.54. The van der Waals surface area contributed by atoms with E-state index in [4.69, 9.17) is 4.74 Å². The third kappa shape index (κ3) is 3.29. The molecule has 1 N–H and O–H groups in total. The van der Waals surface area contributed by atoms with E-state index < -0.39 is 0 Å². The van der Waals surface area contributed by atoms with Crippen molar-refractivity contribution < 1.29 is 4.74 Å². The quantitative estimate of drug-likeness (QED) is 0.816. The van der Waals surface area contributed by atoms with Crippen LogP contribution in [0.1, 0.15) is 24.1 Å². The smallest absolute Gasteiger partial charge is 0.0480 e. The molecule has 82 valence electrons. The van der Waals surface area contributed by atoms with Crippen molar-refractivity contribution in [1.29, 1.82) is 0 Å². The Morgan fingerprint density at radius 2 is 2.20 bits per heavy atom. The van der Waals surface area contributed by atoms with Crippen molar-refractivity contribution in [3.8, 4) is 0 Å². The minimum atomic E-state index is 0.611. The van der Waals surface area contributed by atoms with Crippen LogP contribution < -0.4 is 5.32 Å². The Labute approximate surface area is 90.9 Å². The van der Waals surface area contributed by atoms with Crippen molar-refractivity contribution in [2.45, 2.75) is 32.4 Å². The monoisotopic (exact) mass is 206 g/mol. The van der Waals surface area contributed by atoms with Gasteiger partial charge in [-0.05, 0) is 31.4 Å². The molecule has 1 saturated heterocycles. The van der Waals surface area contributed by atoms with Crippen molar-refractivity contribution in [3.63, 3.8) is 0 Å². The Bertz CT molecular complexity index is 291. The second kappa shape index (κ2) is 5.24. The first-order valence-electron chi connectivity index (χ1n) is 5.57. The van der Waals surface area contributed by atoms with Crippen LogP contribution in [0.2, 0.25) is 0 Å². The number of pyridine rings is 1. The van der Waals surface area contributed by atoms with Gasteiger partial charge in [-0.15, -0.1) is 0 Å². The molecule has 0 saturated carbocycles. The third-order valence-electron chi connectivity index (χ3n) is 2.79. The number of aryl methyl sites for hydroxylation is 1. The van der Waals surface area contributed by atoms with Gasteiger partial charge in [0.2, 0.25) is 0 Å². The Balaban J connectivity index is 1.79. The van der Waals surface area contributed by atoms with Crippen LogP contribution >= 0.6 is 0 Å². The highest BCUT2D eigenvalue weighted by molar-refractivity contribution is 5.12. The lowest BCUT2D eigenvalue weighted by molar-refractivity contribution is 0.0776. The van der Waals surface area contributed by atoms with Gasteiger partial charge >= 0.3 is 0 Å². The Morgan fingerprint density at radius 3 is 2.87 bits per heavy atom. The molecule has 0 unspecified atom stereocenters. The van der Waals surface area contributed by atoms with Crippen LogP contribution in [-0.2, 0) is 11.3 Å². The molecule has 0 amide bonds.